The Morgan fingerprint density at radius 1 is 1.14 bits per heavy atom. The van der Waals surface area contributed by atoms with E-state index in [-0.39, 0.29) is 0 Å². The van der Waals surface area contributed by atoms with Gasteiger partial charge in [-0.2, -0.15) is 0 Å². The highest BCUT2D eigenvalue weighted by molar-refractivity contribution is 6.32. The SMILES string of the molecule is C=C1C=C(c2cc(C)c(Cl)cc2CN2CC(C(=C)C)C2)Cc2c(Cl)cccc21. The summed E-state index contributed by atoms with van der Waals surface area (Å²) in [6, 6.07) is 10.4. The zero-order chi connectivity index (χ0) is 20.0. The highest BCUT2D eigenvalue weighted by Crippen LogP contribution is 2.39. The van der Waals surface area contributed by atoms with E-state index in [4.69, 9.17) is 23.2 Å². The average Bonchev–Trinajstić information content (AvgIpc) is 2.60. The van der Waals surface area contributed by atoms with Crippen molar-refractivity contribution in [3.63, 3.8) is 0 Å². The first-order valence-electron chi connectivity index (χ1n) is 9.68. The van der Waals surface area contributed by atoms with E-state index in [9.17, 15) is 0 Å². The van der Waals surface area contributed by atoms with E-state index in [1.807, 2.05) is 12.1 Å². The zero-order valence-electron chi connectivity index (χ0n) is 16.5. The van der Waals surface area contributed by atoms with Gasteiger partial charge in [0.05, 0.1) is 0 Å². The van der Waals surface area contributed by atoms with Crippen molar-refractivity contribution in [1.29, 1.82) is 0 Å². The lowest BCUT2D eigenvalue weighted by Gasteiger charge is -2.40. The Balaban J connectivity index is 1.68. The van der Waals surface area contributed by atoms with Gasteiger partial charge in [0.25, 0.3) is 0 Å². The van der Waals surface area contributed by atoms with Crippen molar-refractivity contribution < 1.29 is 0 Å². The predicted molar refractivity (Wildman–Crippen MR) is 122 cm³/mol. The molecule has 1 aliphatic carbocycles. The molecule has 1 saturated heterocycles. The summed E-state index contributed by atoms with van der Waals surface area (Å²) < 4.78 is 0. The van der Waals surface area contributed by atoms with Crippen LogP contribution in [0.25, 0.3) is 11.1 Å². The molecule has 0 spiro atoms. The van der Waals surface area contributed by atoms with Gasteiger partial charge in [0.15, 0.2) is 0 Å². The Morgan fingerprint density at radius 2 is 1.89 bits per heavy atom. The molecule has 1 aliphatic heterocycles. The second-order valence-corrected chi connectivity index (χ2v) is 8.95. The number of hydrogen-bond acceptors (Lipinski definition) is 1. The molecule has 2 aliphatic rings. The van der Waals surface area contributed by atoms with Gasteiger partial charge in [-0.15, -0.1) is 0 Å². The molecule has 144 valence electrons. The molecule has 2 aromatic rings. The fraction of sp³-hybridized carbons (Fsp3) is 0.280. The van der Waals surface area contributed by atoms with Crippen LogP contribution < -0.4 is 0 Å². The second-order valence-electron chi connectivity index (χ2n) is 8.13. The maximum absolute atomic E-state index is 6.51. The molecule has 0 atom stereocenters. The Bertz CT molecular complexity index is 1010. The number of nitrogens with zero attached hydrogens (tertiary/aromatic N) is 1. The topological polar surface area (TPSA) is 3.24 Å². The molecule has 1 fully saturated rings. The van der Waals surface area contributed by atoms with Gasteiger partial charge in [-0.05, 0) is 71.0 Å². The van der Waals surface area contributed by atoms with Crippen LogP contribution >= 0.6 is 23.2 Å². The third-order valence-corrected chi connectivity index (χ3v) is 6.72. The predicted octanol–water partition coefficient (Wildman–Crippen LogP) is 6.96. The van der Waals surface area contributed by atoms with E-state index in [1.165, 1.54) is 22.3 Å². The van der Waals surface area contributed by atoms with Crippen molar-refractivity contribution in [3.8, 4) is 0 Å². The highest BCUT2D eigenvalue weighted by atomic mass is 35.5. The number of likely N-dealkylation sites (tertiary alicyclic amines) is 1. The number of rotatable bonds is 4. The third kappa shape index (κ3) is 3.59. The van der Waals surface area contributed by atoms with Crippen molar-refractivity contribution in [2.24, 2.45) is 5.92 Å². The first-order valence-corrected chi connectivity index (χ1v) is 10.4. The lowest BCUT2D eigenvalue weighted by molar-refractivity contribution is 0.115. The van der Waals surface area contributed by atoms with Crippen molar-refractivity contribution in [1.82, 2.24) is 4.90 Å². The number of benzene rings is 2. The molecule has 0 radical (unpaired) electrons. The van der Waals surface area contributed by atoms with Gasteiger partial charge in [0.2, 0.25) is 0 Å². The van der Waals surface area contributed by atoms with E-state index in [0.717, 1.165) is 58.4 Å². The smallest absolute Gasteiger partial charge is 0.0447 e. The van der Waals surface area contributed by atoms with Crippen LogP contribution in [0.15, 0.2) is 55.1 Å². The van der Waals surface area contributed by atoms with Gasteiger partial charge in [-0.3, -0.25) is 4.90 Å². The summed E-state index contributed by atoms with van der Waals surface area (Å²) in [5.41, 5.74) is 9.49. The van der Waals surface area contributed by atoms with Crippen LogP contribution in [0.3, 0.4) is 0 Å². The van der Waals surface area contributed by atoms with Crippen molar-refractivity contribution in [2.75, 3.05) is 13.1 Å². The van der Waals surface area contributed by atoms with Crippen LogP contribution in [0.4, 0.5) is 0 Å². The monoisotopic (exact) mass is 409 g/mol. The molecule has 0 N–H and O–H groups in total. The number of aryl methyl sites for hydroxylation is 1. The molecule has 4 rings (SSSR count). The quantitative estimate of drug-likeness (QED) is 0.493. The van der Waals surface area contributed by atoms with Crippen LogP contribution in [0, 0.1) is 12.8 Å². The van der Waals surface area contributed by atoms with Crippen LogP contribution in [0.5, 0.6) is 0 Å². The summed E-state index contributed by atoms with van der Waals surface area (Å²) in [5.74, 6) is 0.615. The molecule has 3 heteroatoms. The van der Waals surface area contributed by atoms with Gasteiger partial charge < -0.3 is 0 Å². The Labute approximate surface area is 178 Å². The van der Waals surface area contributed by atoms with Crippen LogP contribution in [-0.2, 0) is 13.0 Å². The first kappa shape index (κ1) is 19.5. The van der Waals surface area contributed by atoms with Gasteiger partial charge in [-0.1, -0.05) is 60.1 Å². The lowest BCUT2D eigenvalue weighted by atomic mass is 9.83. The number of allylic oxidation sites excluding steroid dienone is 3. The zero-order valence-corrected chi connectivity index (χ0v) is 18.0. The van der Waals surface area contributed by atoms with Gasteiger partial charge in [0, 0.05) is 42.0 Å². The molecule has 0 amide bonds. The Kier molecular flexibility index (Phi) is 5.26. The third-order valence-electron chi connectivity index (χ3n) is 5.96. The molecule has 0 unspecified atom stereocenters. The summed E-state index contributed by atoms with van der Waals surface area (Å²) in [6.07, 6.45) is 3.02. The minimum atomic E-state index is 0.615. The minimum Gasteiger partial charge on any atom is -0.298 e. The highest BCUT2D eigenvalue weighted by Gasteiger charge is 2.28. The molecule has 0 bridgehead atoms. The lowest BCUT2D eigenvalue weighted by Crippen LogP contribution is -2.46. The maximum atomic E-state index is 6.51. The molecule has 28 heavy (non-hydrogen) atoms. The van der Waals surface area contributed by atoms with E-state index >= 15 is 0 Å². The minimum absolute atomic E-state index is 0.615. The molecular formula is C25H25Cl2N. The van der Waals surface area contributed by atoms with E-state index in [2.05, 4.69) is 56.2 Å². The van der Waals surface area contributed by atoms with E-state index in [1.54, 1.807) is 0 Å². The number of halogens is 2. The van der Waals surface area contributed by atoms with Gasteiger partial charge in [0.1, 0.15) is 0 Å². The fourth-order valence-electron chi connectivity index (χ4n) is 4.15. The van der Waals surface area contributed by atoms with Crippen LogP contribution in [0.2, 0.25) is 10.0 Å². The molecule has 1 nitrogen and oxygen atoms in total. The van der Waals surface area contributed by atoms with Crippen LogP contribution in [-0.4, -0.2) is 18.0 Å². The summed E-state index contributed by atoms with van der Waals surface area (Å²) in [6.45, 7) is 15.6. The molecule has 1 heterocycles. The second kappa shape index (κ2) is 7.55. The van der Waals surface area contributed by atoms with Crippen molar-refractivity contribution in [2.45, 2.75) is 26.8 Å². The van der Waals surface area contributed by atoms with Crippen molar-refractivity contribution in [3.05, 3.63) is 93.0 Å². The normalized spacial score (nSPS) is 17.1. The van der Waals surface area contributed by atoms with Gasteiger partial charge >= 0.3 is 0 Å². The molecule has 2 aromatic carbocycles. The summed E-state index contributed by atoms with van der Waals surface area (Å²) >= 11 is 13.0. The maximum Gasteiger partial charge on any atom is 0.0447 e. The largest absolute Gasteiger partial charge is 0.298 e. The number of hydrogen-bond donors (Lipinski definition) is 0. The van der Waals surface area contributed by atoms with Crippen molar-refractivity contribution >= 4 is 34.3 Å². The first-order chi connectivity index (χ1) is 13.3. The van der Waals surface area contributed by atoms with E-state index in [0.29, 0.717) is 5.92 Å². The molecular weight excluding hydrogens is 385 g/mol. The molecule has 0 aromatic heterocycles. The summed E-state index contributed by atoms with van der Waals surface area (Å²) in [5, 5.41) is 1.63. The fourth-order valence-corrected chi connectivity index (χ4v) is 4.57. The summed E-state index contributed by atoms with van der Waals surface area (Å²) in [4.78, 5) is 2.46. The van der Waals surface area contributed by atoms with E-state index < -0.39 is 0 Å². The summed E-state index contributed by atoms with van der Waals surface area (Å²) in [7, 11) is 0. The van der Waals surface area contributed by atoms with Gasteiger partial charge in [-0.25, -0.2) is 0 Å². The van der Waals surface area contributed by atoms with Crippen LogP contribution in [0.1, 0.15) is 34.7 Å². The number of fused-ring (bicyclic) bond motifs is 1. The average molecular weight is 410 g/mol. The Morgan fingerprint density at radius 3 is 2.61 bits per heavy atom. The molecule has 0 saturated carbocycles. The standard InChI is InChI=1S/C25H25Cl2N/c1-15(2)20-13-28(14-20)12-19-11-25(27)17(4)9-22(19)18-8-16(3)21-6-5-7-24(26)23(21)10-18/h5-9,11,20H,1,3,10,12-14H2,2,4H3. The Hall–Kier alpha value is -1.80.